The van der Waals surface area contributed by atoms with E-state index in [1.54, 1.807) is 12.3 Å². The van der Waals surface area contributed by atoms with E-state index < -0.39 is 11.6 Å². The van der Waals surface area contributed by atoms with Gasteiger partial charge < -0.3 is 4.90 Å². The van der Waals surface area contributed by atoms with Crippen LogP contribution in [0.5, 0.6) is 0 Å². The van der Waals surface area contributed by atoms with Crippen molar-refractivity contribution in [2.75, 3.05) is 39.8 Å². The number of hydrogen-bond acceptors (Lipinski definition) is 4. The number of likely N-dealkylation sites (tertiary alicyclic amines) is 2. The summed E-state index contributed by atoms with van der Waals surface area (Å²) in [6.07, 6.45) is 6.75. The van der Waals surface area contributed by atoms with Crippen molar-refractivity contribution in [3.63, 3.8) is 0 Å². The van der Waals surface area contributed by atoms with Crippen molar-refractivity contribution in [2.24, 2.45) is 5.41 Å². The van der Waals surface area contributed by atoms with E-state index in [0.717, 1.165) is 56.6 Å². The monoisotopic (exact) mass is 428 g/mol. The molecule has 1 atom stereocenters. The summed E-state index contributed by atoms with van der Waals surface area (Å²) in [4.78, 5) is 23.4. The molecular formula is C24H30F2N4O. The van der Waals surface area contributed by atoms with E-state index in [1.807, 2.05) is 35.2 Å². The van der Waals surface area contributed by atoms with Crippen LogP contribution in [0.2, 0.25) is 0 Å². The number of nitrogens with zero attached hydrogens (tertiary/aromatic N) is 4. The van der Waals surface area contributed by atoms with Gasteiger partial charge in [0, 0.05) is 50.5 Å². The van der Waals surface area contributed by atoms with Crippen LogP contribution >= 0.6 is 0 Å². The van der Waals surface area contributed by atoms with E-state index in [-0.39, 0.29) is 11.3 Å². The molecule has 1 aromatic carbocycles. The van der Waals surface area contributed by atoms with Gasteiger partial charge in [0.1, 0.15) is 0 Å². The first-order valence-corrected chi connectivity index (χ1v) is 10.9. The van der Waals surface area contributed by atoms with E-state index in [1.165, 1.54) is 12.1 Å². The van der Waals surface area contributed by atoms with Crippen molar-refractivity contribution in [1.82, 2.24) is 19.7 Å². The Balaban J connectivity index is 1.31. The SMILES string of the molecule is CN(CC(=O)N1CC[C@]2(CCCN(Cc3ccc(F)c(F)c3)C2)C1)Cc1cccnc1. The number of rotatable bonds is 6. The van der Waals surface area contributed by atoms with Crippen molar-refractivity contribution in [3.8, 4) is 0 Å². The number of piperidine rings is 1. The van der Waals surface area contributed by atoms with E-state index >= 15 is 0 Å². The predicted molar refractivity (Wildman–Crippen MR) is 115 cm³/mol. The number of hydrogen-bond donors (Lipinski definition) is 0. The van der Waals surface area contributed by atoms with Gasteiger partial charge in [0.2, 0.25) is 5.91 Å². The van der Waals surface area contributed by atoms with Gasteiger partial charge in [0.05, 0.1) is 6.54 Å². The number of aromatic nitrogens is 1. The van der Waals surface area contributed by atoms with Gasteiger partial charge in [-0.25, -0.2) is 8.78 Å². The van der Waals surface area contributed by atoms with Crippen LogP contribution in [0, 0.1) is 17.0 Å². The van der Waals surface area contributed by atoms with Crippen LogP contribution in [0.15, 0.2) is 42.7 Å². The summed E-state index contributed by atoms with van der Waals surface area (Å²) in [5, 5.41) is 0. The predicted octanol–water partition coefficient (Wildman–Crippen LogP) is 3.31. The zero-order chi connectivity index (χ0) is 21.8. The number of carbonyl (C=O) groups is 1. The van der Waals surface area contributed by atoms with Crippen LogP contribution < -0.4 is 0 Å². The summed E-state index contributed by atoms with van der Waals surface area (Å²) in [5.74, 6) is -1.43. The highest BCUT2D eigenvalue weighted by Gasteiger charge is 2.42. The molecule has 0 radical (unpaired) electrons. The first kappa shape index (κ1) is 21.8. The van der Waals surface area contributed by atoms with Crippen LogP contribution in [0.4, 0.5) is 8.78 Å². The zero-order valence-corrected chi connectivity index (χ0v) is 18.1. The molecule has 2 aliphatic rings. The number of likely N-dealkylation sites (N-methyl/N-ethyl adjacent to an activating group) is 1. The Morgan fingerprint density at radius 2 is 2.00 bits per heavy atom. The van der Waals surface area contributed by atoms with Crippen LogP contribution in [0.1, 0.15) is 30.4 Å². The molecule has 1 spiro atoms. The Bertz CT molecular complexity index is 910. The summed E-state index contributed by atoms with van der Waals surface area (Å²) in [7, 11) is 1.96. The van der Waals surface area contributed by atoms with Gasteiger partial charge in [-0.15, -0.1) is 0 Å². The Kier molecular flexibility index (Phi) is 6.62. The molecule has 0 unspecified atom stereocenters. The molecule has 0 saturated carbocycles. The van der Waals surface area contributed by atoms with E-state index in [4.69, 9.17) is 0 Å². The molecule has 4 rings (SSSR count). The lowest BCUT2D eigenvalue weighted by atomic mass is 9.79. The van der Waals surface area contributed by atoms with Crippen molar-refractivity contribution < 1.29 is 13.6 Å². The molecule has 3 heterocycles. The Morgan fingerprint density at radius 1 is 1.13 bits per heavy atom. The van der Waals surface area contributed by atoms with Crippen molar-refractivity contribution in [1.29, 1.82) is 0 Å². The summed E-state index contributed by atoms with van der Waals surface area (Å²) in [6, 6.07) is 8.07. The number of pyridine rings is 1. The average molecular weight is 429 g/mol. The van der Waals surface area contributed by atoms with E-state index in [2.05, 4.69) is 9.88 Å². The second-order valence-corrected chi connectivity index (χ2v) is 9.16. The molecule has 5 nitrogen and oxygen atoms in total. The second kappa shape index (κ2) is 9.40. The first-order valence-electron chi connectivity index (χ1n) is 10.9. The minimum atomic E-state index is -0.808. The first-order chi connectivity index (χ1) is 14.9. The Morgan fingerprint density at radius 3 is 2.77 bits per heavy atom. The van der Waals surface area contributed by atoms with Gasteiger partial charge in [0.15, 0.2) is 11.6 Å². The molecule has 1 amide bonds. The fourth-order valence-corrected chi connectivity index (χ4v) is 5.01. The molecular weight excluding hydrogens is 398 g/mol. The highest BCUT2D eigenvalue weighted by Crippen LogP contribution is 2.39. The van der Waals surface area contributed by atoms with Gasteiger partial charge >= 0.3 is 0 Å². The summed E-state index contributed by atoms with van der Waals surface area (Å²) in [6.45, 7) is 5.11. The quantitative estimate of drug-likeness (QED) is 0.708. The maximum Gasteiger partial charge on any atom is 0.236 e. The summed E-state index contributed by atoms with van der Waals surface area (Å²) in [5.41, 5.74) is 1.99. The molecule has 166 valence electrons. The second-order valence-electron chi connectivity index (χ2n) is 9.16. The largest absolute Gasteiger partial charge is 0.341 e. The van der Waals surface area contributed by atoms with Crippen LogP contribution in [0.25, 0.3) is 0 Å². The number of halogens is 2. The average Bonchev–Trinajstić information content (AvgIpc) is 3.14. The third-order valence-corrected chi connectivity index (χ3v) is 6.50. The molecule has 1 aromatic heterocycles. The molecule has 2 fully saturated rings. The third kappa shape index (κ3) is 5.46. The van der Waals surface area contributed by atoms with Gasteiger partial charge in [-0.3, -0.25) is 19.6 Å². The van der Waals surface area contributed by atoms with Gasteiger partial charge in [-0.05, 0) is 62.2 Å². The van der Waals surface area contributed by atoms with Gasteiger partial charge in [-0.2, -0.15) is 0 Å². The molecule has 0 aliphatic carbocycles. The molecule has 2 saturated heterocycles. The maximum atomic E-state index is 13.6. The zero-order valence-electron chi connectivity index (χ0n) is 18.1. The molecule has 2 aromatic rings. The van der Waals surface area contributed by atoms with Crippen molar-refractivity contribution in [3.05, 3.63) is 65.5 Å². The fourth-order valence-electron chi connectivity index (χ4n) is 5.01. The molecule has 2 aliphatic heterocycles. The Labute approximate surface area is 182 Å². The van der Waals surface area contributed by atoms with Crippen LogP contribution in [-0.4, -0.2) is 65.4 Å². The lowest BCUT2D eigenvalue weighted by molar-refractivity contribution is -0.131. The van der Waals surface area contributed by atoms with Crippen molar-refractivity contribution >= 4 is 5.91 Å². The molecule has 31 heavy (non-hydrogen) atoms. The topological polar surface area (TPSA) is 39.7 Å². The molecule has 7 heteroatoms. The van der Waals surface area contributed by atoms with Gasteiger partial charge in [-0.1, -0.05) is 12.1 Å². The lowest BCUT2D eigenvalue weighted by Gasteiger charge is -2.40. The minimum Gasteiger partial charge on any atom is -0.341 e. The highest BCUT2D eigenvalue weighted by molar-refractivity contribution is 5.78. The fraction of sp³-hybridized carbons (Fsp3) is 0.500. The number of amides is 1. The van der Waals surface area contributed by atoms with Crippen molar-refractivity contribution in [2.45, 2.75) is 32.4 Å². The van der Waals surface area contributed by atoms with Crippen LogP contribution in [0.3, 0.4) is 0 Å². The third-order valence-electron chi connectivity index (χ3n) is 6.50. The number of carbonyl (C=O) groups excluding carboxylic acids is 1. The van der Waals surface area contributed by atoms with Gasteiger partial charge in [0.25, 0.3) is 0 Å². The van der Waals surface area contributed by atoms with Crippen LogP contribution in [-0.2, 0) is 17.9 Å². The normalized spacial score (nSPS) is 21.9. The lowest BCUT2D eigenvalue weighted by Crippen LogP contribution is -2.45. The highest BCUT2D eigenvalue weighted by atomic mass is 19.2. The summed E-state index contributed by atoms with van der Waals surface area (Å²) >= 11 is 0. The summed E-state index contributed by atoms with van der Waals surface area (Å²) < 4.78 is 26.8. The minimum absolute atomic E-state index is 0.106. The Hall–Kier alpha value is -2.38. The molecule has 0 bridgehead atoms. The van der Waals surface area contributed by atoms with E-state index in [9.17, 15) is 13.6 Å². The maximum absolute atomic E-state index is 13.6. The smallest absolute Gasteiger partial charge is 0.236 e. The molecule has 0 N–H and O–H groups in total. The number of benzene rings is 1. The van der Waals surface area contributed by atoms with E-state index in [0.29, 0.717) is 19.6 Å². The standard InChI is InChI=1S/C24H30F2N4O/c1-28(14-20-4-2-9-27-13-20)16-23(31)30-11-8-24(18-30)7-3-10-29(17-24)15-19-5-6-21(25)22(26)12-19/h2,4-6,9,12-13H,3,7-8,10-11,14-18H2,1H3/t24-/m0/s1.